The molecule has 0 saturated heterocycles. The zero-order valence-electron chi connectivity index (χ0n) is 15.9. The molecule has 0 aliphatic carbocycles. The third-order valence-corrected chi connectivity index (χ3v) is 5.03. The van der Waals surface area contributed by atoms with Gasteiger partial charge in [-0.25, -0.2) is 0 Å². The number of carbonyl (C=O) groups is 2. The van der Waals surface area contributed by atoms with Gasteiger partial charge in [0.25, 0.3) is 0 Å². The number of aryl methyl sites for hydroxylation is 2. The number of amides is 2. The van der Waals surface area contributed by atoms with E-state index in [0.29, 0.717) is 16.5 Å². The Morgan fingerprint density at radius 1 is 1.04 bits per heavy atom. The molecule has 0 bridgehead atoms. The Morgan fingerprint density at radius 2 is 1.79 bits per heavy atom. The first kappa shape index (κ1) is 19.6. The Balaban J connectivity index is 1.64. The predicted octanol–water partition coefficient (Wildman–Crippen LogP) is 3.57. The van der Waals surface area contributed by atoms with Crippen LogP contribution in [0.5, 0.6) is 0 Å². The summed E-state index contributed by atoms with van der Waals surface area (Å²) in [6.45, 7) is 5.55. The van der Waals surface area contributed by atoms with Crippen molar-refractivity contribution in [3.8, 4) is 5.69 Å². The topological polar surface area (TPSA) is 88.9 Å². The molecule has 1 heterocycles. The number of hydrogen-bond donors (Lipinski definition) is 2. The molecule has 3 aromatic rings. The molecular formula is C20H21N5O2S. The number of nitrogens with zero attached hydrogens (tertiary/aromatic N) is 3. The molecule has 144 valence electrons. The highest BCUT2D eigenvalue weighted by atomic mass is 32.2. The molecule has 28 heavy (non-hydrogen) atoms. The van der Waals surface area contributed by atoms with Gasteiger partial charge in [-0.05, 0) is 55.3 Å². The lowest BCUT2D eigenvalue weighted by molar-refractivity contribution is -0.114. The first-order valence-corrected chi connectivity index (χ1v) is 9.69. The average molecular weight is 395 g/mol. The number of anilines is 2. The van der Waals surface area contributed by atoms with Crippen LogP contribution in [0.3, 0.4) is 0 Å². The molecule has 0 radical (unpaired) electrons. The fourth-order valence-corrected chi connectivity index (χ4v) is 3.31. The minimum atomic E-state index is -0.167. The summed E-state index contributed by atoms with van der Waals surface area (Å²) in [4.78, 5) is 23.5. The molecule has 2 aromatic carbocycles. The van der Waals surface area contributed by atoms with Crippen LogP contribution in [0.4, 0.5) is 11.4 Å². The lowest BCUT2D eigenvalue weighted by Crippen LogP contribution is -2.15. The molecule has 0 atom stereocenters. The van der Waals surface area contributed by atoms with Gasteiger partial charge in [0.2, 0.25) is 11.8 Å². The first-order chi connectivity index (χ1) is 13.4. The zero-order chi connectivity index (χ0) is 20.1. The van der Waals surface area contributed by atoms with Crippen LogP contribution in [0, 0.1) is 13.8 Å². The number of carbonyl (C=O) groups excluding carboxylic acids is 2. The number of aromatic nitrogens is 3. The fourth-order valence-electron chi connectivity index (χ4n) is 2.58. The summed E-state index contributed by atoms with van der Waals surface area (Å²) in [6, 6.07) is 13.1. The number of hydrogen-bond acceptors (Lipinski definition) is 5. The van der Waals surface area contributed by atoms with Crippen molar-refractivity contribution in [3.63, 3.8) is 0 Å². The van der Waals surface area contributed by atoms with Gasteiger partial charge in [-0.1, -0.05) is 23.9 Å². The molecule has 7 nitrogen and oxygen atoms in total. The van der Waals surface area contributed by atoms with E-state index in [9.17, 15) is 9.59 Å². The molecule has 8 heteroatoms. The smallest absolute Gasteiger partial charge is 0.234 e. The molecule has 2 amide bonds. The molecule has 0 aliphatic rings. The summed E-state index contributed by atoms with van der Waals surface area (Å²) in [5.74, 6) is -0.141. The van der Waals surface area contributed by atoms with Crippen LogP contribution in [0.25, 0.3) is 5.69 Å². The number of benzene rings is 2. The van der Waals surface area contributed by atoms with Gasteiger partial charge in [0, 0.05) is 24.0 Å². The van der Waals surface area contributed by atoms with Crippen molar-refractivity contribution < 1.29 is 9.59 Å². The molecule has 3 rings (SSSR count). The number of nitrogens with one attached hydrogen (secondary N) is 2. The van der Waals surface area contributed by atoms with Crippen molar-refractivity contribution in [2.75, 3.05) is 16.4 Å². The summed E-state index contributed by atoms with van der Waals surface area (Å²) < 4.78 is 1.86. The van der Waals surface area contributed by atoms with Crippen molar-refractivity contribution in [2.45, 2.75) is 25.9 Å². The van der Waals surface area contributed by atoms with Crippen LogP contribution in [0.2, 0.25) is 0 Å². The SMILES string of the molecule is CC(=O)Nc1cccc(NC(=O)CSc2nncn2-c2ccc(C)c(C)c2)c1. The van der Waals surface area contributed by atoms with Crippen molar-refractivity contribution in [1.82, 2.24) is 14.8 Å². The van der Waals surface area contributed by atoms with E-state index in [0.717, 1.165) is 5.69 Å². The van der Waals surface area contributed by atoms with Gasteiger partial charge in [0.05, 0.1) is 5.75 Å². The lowest BCUT2D eigenvalue weighted by Gasteiger charge is -2.09. The second kappa shape index (κ2) is 8.71. The maximum Gasteiger partial charge on any atom is 0.234 e. The normalized spacial score (nSPS) is 10.5. The van der Waals surface area contributed by atoms with Crippen LogP contribution in [0.1, 0.15) is 18.1 Å². The largest absolute Gasteiger partial charge is 0.326 e. The highest BCUT2D eigenvalue weighted by Gasteiger charge is 2.11. The van der Waals surface area contributed by atoms with Crippen molar-refractivity contribution >= 4 is 35.0 Å². The summed E-state index contributed by atoms with van der Waals surface area (Å²) in [7, 11) is 0. The average Bonchev–Trinajstić information content (AvgIpc) is 3.10. The van der Waals surface area contributed by atoms with Crippen LogP contribution in [-0.4, -0.2) is 32.3 Å². The summed E-state index contributed by atoms with van der Waals surface area (Å²) in [5, 5.41) is 14.2. The highest BCUT2D eigenvalue weighted by Crippen LogP contribution is 2.22. The Bertz CT molecular complexity index is 1020. The Morgan fingerprint density at radius 3 is 2.50 bits per heavy atom. The zero-order valence-corrected chi connectivity index (χ0v) is 16.7. The van der Waals surface area contributed by atoms with E-state index in [2.05, 4.69) is 40.7 Å². The minimum Gasteiger partial charge on any atom is -0.326 e. The first-order valence-electron chi connectivity index (χ1n) is 8.70. The maximum absolute atomic E-state index is 12.3. The van der Waals surface area contributed by atoms with E-state index < -0.39 is 0 Å². The molecule has 0 unspecified atom stereocenters. The van der Waals surface area contributed by atoms with E-state index in [1.165, 1.54) is 29.8 Å². The Labute approximate surface area is 167 Å². The quantitative estimate of drug-likeness (QED) is 0.623. The van der Waals surface area contributed by atoms with Gasteiger partial charge in [-0.2, -0.15) is 0 Å². The third kappa shape index (κ3) is 4.98. The number of thioether (sulfide) groups is 1. The van der Waals surface area contributed by atoms with Crippen LogP contribution in [-0.2, 0) is 9.59 Å². The molecule has 0 spiro atoms. The van der Waals surface area contributed by atoms with Crippen molar-refractivity contribution in [2.24, 2.45) is 0 Å². The van der Waals surface area contributed by atoms with E-state index in [1.807, 2.05) is 16.7 Å². The van der Waals surface area contributed by atoms with E-state index in [4.69, 9.17) is 0 Å². The molecule has 0 saturated carbocycles. The maximum atomic E-state index is 12.3. The summed E-state index contributed by atoms with van der Waals surface area (Å²) >= 11 is 1.31. The van der Waals surface area contributed by atoms with Crippen LogP contribution >= 0.6 is 11.8 Å². The molecule has 0 fully saturated rings. The van der Waals surface area contributed by atoms with Gasteiger partial charge in [-0.15, -0.1) is 10.2 Å². The molecule has 0 aliphatic heterocycles. The summed E-state index contributed by atoms with van der Waals surface area (Å²) in [6.07, 6.45) is 1.64. The second-order valence-electron chi connectivity index (χ2n) is 6.35. The van der Waals surface area contributed by atoms with Crippen LogP contribution in [0.15, 0.2) is 53.9 Å². The molecular weight excluding hydrogens is 374 g/mol. The minimum absolute atomic E-state index is 0.162. The Kier molecular flexibility index (Phi) is 6.10. The third-order valence-electron chi connectivity index (χ3n) is 4.08. The molecule has 1 aromatic heterocycles. The van der Waals surface area contributed by atoms with Gasteiger partial charge in [0.15, 0.2) is 5.16 Å². The summed E-state index contributed by atoms with van der Waals surface area (Å²) in [5.41, 5.74) is 4.60. The molecule has 2 N–H and O–H groups in total. The Hall–Kier alpha value is -3.13. The highest BCUT2D eigenvalue weighted by molar-refractivity contribution is 7.99. The van der Waals surface area contributed by atoms with Gasteiger partial charge in [-0.3, -0.25) is 14.2 Å². The standard InChI is InChI=1S/C20H21N5O2S/c1-13-7-8-18(9-14(13)2)25-12-21-24-20(25)28-11-19(27)23-17-6-4-5-16(10-17)22-15(3)26/h4-10,12H,11H2,1-3H3,(H,22,26)(H,23,27). The number of rotatable bonds is 6. The predicted molar refractivity (Wildman–Crippen MR) is 111 cm³/mol. The monoisotopic (exact) mass is 395 g/mol. The van der Waals surface area contributed by atoms with Gasteiger partial charge >= 0.3 is 0 Å². The van der Waals surface area contributed by atoms with Gasteiger partial charge < -0.3 is 10.6 Å². The van der Waals surface area contributed by atoms with Crippen LogP contribution < -0.4 is 10.6 Å². The van der Waals surface area contributed by atoms with Gasteiger partial charge in [0.1, 0.15) is 6.33 Å². The van der Waals surface area contributed by atoms with Crippen molar-refractivity contribution in [1.29, 1.82) is 0 Å². The van der Waals surface area contributed by atoms with Crippen molar-refractivity contribution in [3.05, 3.63) is 59.9 Å². The van der Waals surface area contributed by atoms with E-state index in [-0.39, 0.29) is 17.6 Å². The van der Waals surface area contributed by atoms with E-state index >= 15 is 0 Å². The lowest BCUT2D eigenvalue weighted by atomic mass is 10.1. The fraction of sp³-hybridized carbons (Fsp3) is 0.200. The van der Waals surface area contributed by atoms with E-state index in [1.54, 1.807) is 30.6 Å². The second-order valence-corrected chi connectivity index (χ2v) is 7.29.